The number of rotatable bonds is 5. The third-order valence-corrected chi connectivity index (χ3v) is 3.59. The van der Waals surface area contributed by atoms with Gasteiger partial charge in [-0.05, 0) is 18.9 Å². The summed E-state index contributed by atoms with van der Waals surface area (Å²) in [4.78, 5) is 8.78. The second-order valence-corrected chi connectivity index (χ2v) is 5.17. The summed E-state index contributed by atoms with van der Waals surface area (Å²) in [6.07, 6.45) is 2.96. The molecule has 1 aromatic heterocycles. The van der Waals surface area contributed by atoms with Gasteiger partial charge in [0, 0.05) is 12.7 Å². The van der Waals surface area contributed by atoms with E-state index in [0.717, 1.165) is 42.7 Å². The highest BCUT2D eigenvalue weighted by atomic mass is 32.2. The lowest BCUT2D eigenvalue weighted by molar-refractivity contribution is 0.0454. The van der Waals surface area contributed by atoms with E-state index in [2.05, 4.69) is 22.2 Å². The number of anilines is 1. The lowest BCUT2D eigenvalue weighted by Gasteiger charge is -2.25. The Bertz CT molecular complexity index is 355. The highest BCUT2D eigenvalue weighted by Crippen LogP contribution is 2.29. The summed E-state index contributed by atoms with van der Waals surface area (Å²) in [5.41, 5.74) is 1.14. The zero-order valence-electron chi connectivity index (χ0n) is 9.69. The zero-order chi connectivity index (χ0) is 11.4. The fraction of sp³-hybridized carbons (Fsp3) is 0.636. The van der Waals surface area contributed by atoms with Gasteiger partial charge < -0.3 is 10.1 Å². The normalized spacial score (nSPS) is 15.9. The monoisotopic (exact) mass is 239 g/mol. The minimum Gasteiger partial charge on any atom is -0.379 e. The molecule has 1 N–H and O–H groups in total. The van der Waals surface area contributed by atoms with Crippen LogP contribution in [0, 0.1) is 6.92 Å². The molecule has 4 nitrogen and oxygen atoms in total. The highest BCUT2D eigenvalue weighted by molar-refractivity contribution is 8.00. The summed E-state index contributed by atoms with van der Waals surface area (Å²) >= 11 is 1.79. The Kier molecular flexibility index (Phi) is 4.01. The van der Waals surface area contributed by atoms with Crippen LogP contribution in [-0.4, -0.2) is 35.0 Å². The molecule has 0 radical (unpaired) electrons. The smallest absolute Gasteiger partial charge is 0.223 e. The van der Waals surface area contributed by atoms with Gasteiger partial charge in [-0.3, -0.25) is 0 Å². The number of aromatic nitrogens is 2. The van der Waals surface area contributed by atoms with E-state index >= 15 is 0 Å². The predicted octanol–water partition coefficient (Wildman–Crippen LogP) is 2.10. The summed E-state index contributed by atoms with van der Waals surface area (Å²) < 4.78 is 5.16. The minimum absolute atomic E-state index is 0.563. The second-order valence-electron chi connectivity index (χ2n) is 3.89. The van der Waals surface area contributed by atoms with Crippen LogP contribution >= 0.6 is 11.8 Å². The maximum absolute atomic E-state index is 5.16. The number of thioether (sulfide) groups is 1. The van der Waals surface area contributed by atoms with Crippen molar-refractivity contribution in [1.29, 1.82) is 0 Å². The number of aryl methyl sites for hydroxylation is 1. The van der Waals surface area contributed by atoms with E-state index < -0.39 is 0 Å². The molecule has 1 aromatic rings. The van der Waals surface area contributed by atoms with Crippen molar-refractivity contribution in [2.24, 2.45) is 0 Å². The SMILES string of the molecule is CCCNc1ncc(C)c(SC2COC2)n1. The Hall–Kier alpha value is -0.810. The number of nitrogens with zero attached hydrogens (tertiary/aromatic N) is 2. The van der Waals surface area contributed by atoms with Gasteiger partial charge in [0.1, 0.15) is 5.03 Å². The topological polar surface area (TPSA) is 47.0 Å². The third kappa shape index (κ3) is 2.86. The maximum Gasteiger partial charge on any atom is 0.223 e. The van der Waals surface area contributed by atoms with Gasteiger partial charge in [-0.1, -0.05) is 18.7 Å². The lowest BCUT2D eigenvalue weighted by atomic mass is 10.4. The highest BCUT2D eigenvalue weighted by Gasteiger charge is 2.21. The summed E-state index contributed by atoms with van der Waals surface area (Å²) in [5, 5.41) is 4.84. The largest absolute Gasteiger partial charge is 0.379 e. The molecule has 1 saturated heterocycles. The van der Waals surface area contributed by atoms with E-state index in [0.29, 0.717) is 5.25 Å². The van der Waals surface area contributed by atoms with Crippen LogP contribution in [0.25, 0.3) is 0 Å². The number of nitrogens with one attached hydrogen (secondary N) is 1. The predicted molar refractivity (Wildman–Crippen MR) is 66.0 cm³/mol. The van der Waals surface area contributed by atoms with Crippen LogP contribution in [0.1, 0.15) is 18.9 Å². The Morgan fingerprint density at radius 1 is 1.56 bits per heavy atom. The average Bonchev–Trinajstić information content (AvgIpc) is 2.23. The van der Waals surface area contributed by atoms with Crippen LogP contribution in [0.3, 0.4) is 0 Å². The summed E-state index contributed by atoms with van der Waals surface area (Å²) in [7, 11) is 0. The molecule has 1 aliphatic rings. The Balaban J connectivity index is 2.02. The summed E-state index contributed by atoms with van der Waals surface area (Å²) in [5.74, 6) is 0.732. The first-order chi connectivity index (χ1) is 7.79. The second kappa shape index (κ2) is 5.50. The molecule has 0 spiro atoms. The average molecular weight is 239 g/mol. The summed E-state index contributed by atoms with van der Waals surface area (Å²) in [6, 6.07) is 0. The van der Waals surface area contributed by atoms with Crippen LogP contribution < -0.4 is 5.32 Å². The van der Waals surface area contributed by atoms with Crippen molar-refractivity contribution in [3.63, 3.8) is 0 Å². The molecule has 0 aliphatic carbocycles. The molecule has 0 aromatic carbocycles. The molecular weight excluding hydrogens is 222 g/mol. The van der Waals surface area contributed by atoms with E-state index in [1.807, 2.05) is 13.1 Å². The van der Waals surface area contributed by atoms with Gasteiger partial charge in [-0.25, -0.2) is 9.97 Å². The van der Waals surface area contributed by atoms with E-state index in [9.17, 15) is 0 Å². The molecule has 5 heteroatoms. The van der Waals surface area contributed by atoms with Gasteiger partial charge in [0.25, 0.3) is 0 Å². The number of hydrogen-bond acceptors (Lipinski definition) is 5. The molecule has 16 heavy (non-hydrogen) atoms. The van der Waals surface area contributed by atoms with Gasteiger partial charge in [0.2, 0.25) is 5.95 Å². The Morgan fingerprint density at radius 2 is 2.38 bits per heavy atom. The molecule has 0 saturated carbocycles. The van der Waals surface area contributed by atoms with Crippen LogP contribution in [0.4, 0.5) is 5.95 Å². The quantitative estimate of drug-likeness (QED) is 0.797. The van der Waals surface area contributed by atoms with Gasteiger partial charge in [0.05, 0.1) is 18.5 Å². The minimum atomic E-state index is 0.563. The van der Waals surface area contributed by atoms with E-state index in [-0.39, 0.29) is 0 Å². The third-order valence-electron chi connectivity index (χ3n) is 2.34. The van der Waals surface area contributed by atoms with Crippen molar-refractivity contribution in [3.8, 4) is 0 Å². The Labute approximate surface area is 100 Å². The van der Waals surface area contributed by atoms with Gasteiger partial charge in [-0.2, -0.15) is 0 Å². The molecule has 0 unspecified atom stereocenters. The molecule has 88 valence electrons. The first-order valence-corrected chi connectivity index (χ1v) is 6.49. The first-order valence-electron chi connectivity index (χ1n) is 5.61. The van der Waals surface area contributed by atoms with Crippen LogP contribution in [0.2, 0.25) is 0 Å². The van der Waals surface area contributed by atoms with Gasteiger partial charge in [0.15, 0.2) is 0 Å². The summed E-state index contributed by atoms with van der Waals surface area (Å²) in [6.45, 7) is 6.77. The lowest BCUT2D eigenvalue weighted by Crippen LogP contribution is -2.30. The van der Waals surface area contributed by atoms with Gasteiger partial charge in [-0.15, -0.1) is 0 Å². The molecule has 0 amide bonds. The molecular formula is C11H17N3OS. The molecule has 1 aliphatic heterocycles. The first kappa shape index (κ1) is 11.7. The molecule has 1 fully saturated rings. The maximum atomic E-state index is 5.16. The Morgan fingerprint density at radius 3 is 3.00 bits per heavy atom. The van der Waals surface area contributed by atoms with Crippen molar-refractivity contribution in [3.05, 3.63) is 11.8 Å². The van der Waals surface area contributed by atoms with E-state index in [4.69, 9.17) is 4.74 Å². The molecule has 0 atom stereocenters. The van der Waals surface area contributed by atoms with Crippen LogP contribution in [0.5, 0.6) is 0 Å². The van der Waals surface area contributed by atoms with Crippen LogP contribution in [0.15, 0.2) is 11.2 Å². The zero-order valence-corrected chi connectivity index (χ0v) is 10.5. The van der Waals surface area contributed by atoms with Crippen molar-refractivity contribution < 1.29 is 4.74 Å². The van der Waals surface area contributed by atoms with Crippen molar-refractivity contribution in [2.75, 3.05) is 25.1 Å². The molecule has 0 bridgehead atoms. The van der Waals surface area contributed by atoms with Crippen LogP contribution in [-0.2, 0) is 4.74 Å². The molecule has 2 rings (SSSR count). The van der Waals surface area contributed by atoms with Crippen molar-refractivity contribution in [2.45, 2.75) is 30.5 Å². The van der Waals surface area contributed by atoms with Gasteiger partial charge >= 0.3 is 0 Å². The number of ether oxygens (including phenoxy) is 1. The standard InChI is InChI=1S/C11H17N3OS/c1-3-4-12-11-13-5-8(2)10(14-11)16-9-6-15-7-9/h5,9H,3-4,6-7H2,1-2H3,(H,12,13,14). The van der Waals surface area contributed by atoms with Crippen molar-refractivity contribution in [1.82, 2.24) is 9.97 Å². The molecule has 2 heterocycles. The van der Waals surface area contributed by atoms with Crippen molar-refractivity contribution >= 4 is 17.7 Å². The number of hydrogen-bond donors (Lipinski definition) is 1. The fourth-order valence-corrected chi connectivity index (χ4v) is 2.33. The fourth-order valence-electron chi connectivity index (χ4n) is 1.31. The van der Waals surface area contributed by atoms with E-state index in [1.165, 1.54) is 0 Å². The van der Waals surface area contributed by atoms with E-state index in [1.54, 1.807) is 11.8 Å².